The first kappa shape index (κ1) is 34.4. The molecule has 4 amide bonds. The standard InChI is InChI=1S/C32H36N4O9/c1-17(2)26(35-32(44)45-16-19-9-5-4-6-10-19)30(41)34-18(3)28(39)36-29(40)22-13-20-11-7-8-12-23(20)21(14-22)15-24(37)25(33)27(38)31(42)43/h4-14,17-18,25-27,38H,15-16,33H2,1-3H3,(H,34,41)(H,35,44)(H,42,43)(H,36,39,40)/t18-,25?,26-,27?/m0/s1. The van der Waals surface area contributed by atoms with Crippen molar-refractivity contribution in [3.05, 3.63) is 83.4 Å². The summed E-state index contributed by atoms with van der Waals surface area (Å²) in [6.07, 6.45) is -3.30. The Morgan fingerprint density at radius 1 is 0.867 bits per heavy atom. The summed E-state index contributed by atoms with van der Waals surface area (Å²) in [4.78, 5) is 75.0. The molecule has 13 nitrogen and oxygen atoms in total. The number of ketones is 1. The molecule has 0 aromatic heterocycles. The lowest BCUT2D eigenvalue weighted by molar-refractivity contribution is -0.149. The first-order chi connectivity index (χ1) is 21.3. The van der Waals surface area contributed by atoms with Crippen LogP contribution in [0.4, 0.5) is 4.79 Å². The van der Waals surface area contributed by atoms with Crippen molar-refractivity contribution >= 4 is 46.3 Å². The van der Waals surface area contributed by atoms with Gasteiger partial charge in [-0.25, -0.2) is 9.59 Å². The van der Waals surface area contributed by atoms with Crippen LogP contribution >= 0.6 is 0 Å². The van der Waals surface area contributed by atoms with Crippen molar-refractivity contribution in [1.82, 2.24) is 16.0 Å². The van der Waals surface area contributed by atoms with Gasteiger partial charge in [0.25, 0.3) is 5.91 Å². The number of fused-ring (bicyclic) bond motifs is 1. The largest absolute Gasteiger partial charge is 0.479 e. The molecule has 3 rings (SSSR count). The number of carboxylic acid groups (broad SMARTS) is 1. The molecule has 13 heteroatoms. The number of imide groups is 1. The second-order valence-corrected chi connectivity index (χ2v) is 10.8. The molecule has 4 atom stereocenters. The van der Waals surface area contributed by atoms with Crippen LogP contribution < -0.4 is 21.7 Å². The quantitative estimate of drug-likeness (QED) is 0.162. The van der Waals surface area contributed by atoms with Crippen molar-refractivity contribution in [2.24, 2.45) is 11.7 Å². The Labute approximate surface area is 259 Å². The van der Waals surface area contributed by atoms with Gasteiger partial charge in [-0.15, -0.1) is 0 Å². The van der Waals surface area contributed by atoms with Gasteiger partial charge in [0.05, 0.1) is 0 Å². The normalized spacial score (nSPS) is 13.6. The van der Waals surface area contributed by atoms with Crippen molar-refractivity contribution in [2.75, 3.05) is 0 Å². The van der Waals surface area contributed by atoms with E-state index < -0.39 is 59.8 Å². The number of rotatable bonds is 13. The molecule has 3 aromatic carbocycles. The lowest BCUT2D eigenvalue weighted by Crippen LogP contribution is -2.55. The minimum absolute atomic E-state index is 0.00175. The fraction of sp³-hybridized carbons (Fsp3) is 0.312. The van der Waals surface area contributed by atoms with Gasteiger partial charge in [0.1, 0.15) is 24.7 Å². The molecule has 238 valence electrons. The fourth-order valence-corrected chi connectivity index (χ4v) is 4.39. The highest BCUT2D eigenvalue weighted by atomic mass is 16.5. The zero-order valence-electron chi connectivity index (χ0n) is 25.0. The third-order valence-corrected chi connectivity index (χ3v) is 6.96. The minimum atomic E-state index is -2.10. The predicted octanol–water partition coefficient (Wildman–Crippen LogP) is 1.44. The molecule has 0 radical (unpaired) electrons. The van der Waals surface area contributed by atoms with E-state index in [1.54, 1.807) is 62.4 Å². The van der Waals surface area contributed by atoms with E-state index in [2.05, 4.69) is 16.0 Å². The predicted molar refractivity (Wildman–Crippen MR) is 163 cm³/mol. The number of carbonyl (C=O) groups is 6. The third-order valence-electron chi connectivity index (χ3n) is 6.96. The number of nitrogens with one attached hydrogen (secondary N) is 3. The average molecular weight is 621 g/mol. The molecule has 0 fully saturated rings. The summed E-state index contributed by atoms with van der Waals surface area (Å²) < 4.78 is 5.19. The molecular weight excluding hydrogens is 584 g/mol. The molecule has 0 saturated carbocycles. The van der Waals surface area contributed by atoms with Gasteiger partial charge in [-0.3, -0.25) is 24.5 Å². The van der Waals surface area contributed by atoms with Crippen LogP contribution in [0.1, 0.15) is 42.3 Å². The molecular formula is C32H36N4O9. The van der Waals surface area contributed by atoms with E-state index in [9.17, 15) is 33.9 Å². The van der Waals surface area contributed by atoms with Gasteiger partial charge < -0.3 is 31.3 Å². The molecule has 0 aliphatic heterocycles. The van der Waals surface area contributed by atoms with Gasteiger partial charge in [-0.2, -0.15) is 0 Å². The molecule has 2 unspecified atom stereocenters. The van der Waals surface area contributed by atoms with Crippen molar-refractivity contribution in [3.63, 3.8) is 0 Å². The number of carboxylic acids is 1. The zero-order chi connectivity index (χ0) is 33.3. The van der Waals surface area contributed by atoms with Crippen LogP contribution in [0.3, 0.4) is 0 Å². The number of aliphatic hydroxyl groups is 1. The Hall–Kier alpha value is -5.14. The average Bonchev–Trinajstić information content (AvgIpc) is 3.01. The van der Waals surface area contributed by atoms with Gasteiger partial charge >= 0.3 is 12.1 Å². The van der Waals surface area contributed by atoms with Gasteiger partial charge in [0.15, 0.2) is 11.9 Å². The van der Waals surface area contributed by atoms with Crippen LogP contribution in [0, 0.1) is 5.92 Å². The Balaban J connectivity index is 1.66. The van der Waals surface area contributed by atoms with Crippen molar-refractivity contribution in [1.29, 1.82) is 0 Å². The molecule has 7 N–H and O–H groups in total. The Kier molecular flexibility index (Phi) is 11.9. The maximum atomic E-state index is 13.1. The Morgan fingerprint density at radius 3 is 2.16 bits per heavy atom. The number of nitrogens with two attached hydrogens (primary N) is 1. The molecule has 45 heavy (non-hydrogen) atoms. The lowest BCUT2D eigenvalue weighted by atomic mass is 9.94. The van der Waals surface area contributed by atoms with E-state index in [1.807, 2.05) is 6.07 Å². The molecule has 3 aromatic rings. The molecule has 0 saturated heterocycles. The maximum Gasteiger partial charge on any atom is 0.408 e. The van der Waals surface area contributed by atoms with E-state index in [0.29, 0.717) is 16.3 Å². The van der Waals surface area contributed by atoms with E-state index in [0.717, 1.165) is 5.56 Å². The number of alkyl carbamates (subject to hydrolysis) is 1. The van der Waals surface area contributed by atoms with Crippen LogP contribution in [-0.2, 0) is 36.9 Å². The van der Waals surface area contributed by atoms with E-state index in [4.69, 9.17) is 15.6 Å². The maximum absolute atomic E-state index is 13.1. The summed E-state index contributed by atoms with van der Waals surface area (Å²) in [7, 11) is 0. The molecule has 0 aliphatic carbocycles. The summed E-state index contributed by atoms with van der Waals surface area (Å²) in [6, 6.07) is 14.7. The fourth-order valence-electron chi connectivity index (χ4n) is 4.39. The third kappa shape index (κ3) is 9.42. The smallest absolute Gasteiger partial charge is 0.408 e. The Bertz CT molecular complexity index is 1580. The molecule has 0 bridgehead atoms. The highest BCUT2D eigenvalue weighted by Gasteiger charge is 2.30. The Morgan fingerprint density at radius 2 is 1.51 bits per heavy atom. The van der Waals surface area contributed by atoms with E-state index >= 15 is 0 Å². The van der Waals surface area contributed by atoms with Gasteiger partial charge in [-0.05, 0) is 46.9 Å². The van der Waals surface area contributed by atoms with Crippen LogP contribution in [0.25, 0.3) is 10.8 Å². The monoisotopic (exact) mass is 620 g/mol. The second kappa shape index (κ2) is 15.5. The van der Waals surface area contributed by atoms with Crippen LogP contribution in [0.5, 0.6) is 0 Å². The number of aliphatic carboxylic acids is 1. The summed E-state index contributed by atoms with van der Waals surface area (Å²) in [5.41, 5.74) is 6.73. The number of ether oxygens (including phenoxy) is 1. The van der Waals surface area contributed by atoms with Crippen LogP contribution in [0.2, 0.25) is 0 Å². The van der Waals surface area contributed by atoms with Crippen LogP contribution in [-0.4, -0.2) is 70.0 Å². The highest BCUT2D eigenvalue weighted by molar-refractivity contribution is 6.09. The lowest BCUT2D eigenvalue weighted by Gasteiger charge is -2.23. The summed E-state index contributed by atoms with van der Waals surface area (Å²) in [6.45, 7) is 4.77. The van der Waals surface area contributed by atoms with Gasteiger partial charge in [0, 0.05) is 12.0 Å². The van der Waals surface area contributed by atoms with Crippen molar-refractivity contribution < 1.29 is 43.7 Å². The summed E-state index contributed by atoms with van der Waals surface area (Å²) in [5.74, 6) is -5.10. The number of amides is 4. The topological polar surface area (TPSA) is 214 Å². The number of benzene rings is 3. The van der Waals surface area contributed by atoms with E-state index in [1.165, 1.54) is 19.1 Å². The number of hydrogen-bond donors (Lipinski definition) is 6. The zero-order valence-corrected chi connectivity index (χ0v) is 25.0. The first-order valence-electron chi connectivity index (χ1n) is 14.1. The number of aliphatic hydroxyl groups excluding tert-OH is 1. The highest BCUT2D eigenvalue weighted by Crippen LogP contribution is 2.23. The van der Waals surface area contributed by atoms with Crippen molar-refractivity contribution in [2.45, 2.75) is 58.0 Å². The summed E-state index contributed by atoms with van der Waals surface area (Å²) in [5, 5.41) is 27.0. The van der Waals surface area contributed by atoms with E-state index in [-0.39, 0.29) is 24.5 Å². The SMILES string of the molecule is CC(C)[C@H](NC(=O)OCc1ccccc1)C(=O)N[C@@H](C)C(=O)NC(=O)c1cc(CC(=O)C(N)C(O)C(=O)O)c2ccccc2c1. The second-order valence-electron chi connectivity index (χ2n) is 10.8. The number of carbonyl (C=O) groups excluding carboxylic acids is 5. The first-order valence-corrected chi connectivity index (χ1v) is 14.1. The number of Topliss-reactive ketones (excluding diaryl/α,β-unsaturated/α-hetero) is 1. The van der Waals surface area contributed by atoms with Crippen LogP contribution in [0.15, 0.2) is 66.7 Å². The molecule has 0 heterocycles. The van der Waals surface area contributed by atoms with Gasteiger partial charge in [-0.1, -0.05) is 68.4 Å². The molecule has 0 spiro atoms. The minimum Gasteiger partial charge on any atom is -0.479 e. The molecule has 0 aliphatic rings. The van der Waals surface area contributed by atoms with Crippen molar-refractivity contribution in [3.8, 4) is 0 Å². The summed E-state index contributed by atoms with van der Waals surface area (Å²) >= 11 is 0. The number of hydrogen-bond acceptors (Lipinski definition) is 9. The van der Waals surface area contributed by atoms with Gasteiger partial charge in [0.2, 0.25) is 11.8 Å².